The van der Waals surface area contributed by atoms with Crippen LogP contribution in [0.2, 0.25) is 5.02 Å². The van der Waals surface area contributed by atoms with Gasteiger partial charge in [0.1, 0.15) is 18.0 Å². The highest BCUT2D eigenvalue weighted by atomic mass is 35.5. The van der Waals surface area contributed by atoms with Crippen LogP contribution >= 0.6 is 11.6 Å². The van der Waals surface area contributed by atoms with Crippen LogP contribution in [0.25, 0.3) is 12.2 Å². The van der Waals surface area contributed by atoms with Crippen molar-refractivity contribution in [3.05, 3.63) is 63.0 Å². The number of ether oxygens (including phenoxy) is 2. The molecule has 2 unspecified atom stereocenters. The number of carbonyl (C=O) groups excluding carboxylic acids is 2. The molecule has 2 aromatic carbocycles. The average molecular weight is 425 g/mol. The fraction of sp³-hybridized carbons (Fsp3) is 0.238. The van der Waals surface area contributed by atoms with Crippen LogP contribution in [0.1, 0.15) is 22.8 Å². The molecular formula is C21H16ClF3O4. The second-order valence-corrected chi connectivity index (χ2v) is 6.77. The molecule has 0 radical (unpaired) electrons. The lowest BCUT2D eigenvalue weighted by molar-refractivity contribution is -0.210. The van der Waals surface area contributed by atoms with Gasteiger partial charge < -0.3 is 9.47 Å². The summed E-state index contributed by atoms with van der Waals surface area (Å²) in [6.07, 6.45) is -3.59. The summed E-state index contributed by atoms with van der Waals surface area (Å²) in [4.78, 5) is 22.8. The van der Waals surface area contributed by atoms with Crippen molar-refractivity contribution in [1.29, 1.82) is 0 Å². The van der Waals surface area contributed by atoms with Crippen LogP contribution in [0.15, 0.2) is 36.4 Å². The van der Waals surface area contributed by atoms with E-state index in [1.807, 2.05) is 0 Å². The Morgan fingerprint density at radius 3 is 2.45 bits per heavy atom. The Labute approximate surface area is 169 Å². The number of esters is 1. The molecule has 0 fully saturated rings. The van der Waals surface area contributed by atoms with Crippen LogP contribution in [-0.2, 0) is 9.53 Å². The van der Waals surface area contributed by atoms with Crippen LogP contribution in [0.4, 0.5) is 13.2 Å². The van der Waals surface area contributed by atoms with E-state index in [2.05, 4.69) is 0 Å². The number of carbonyl (C=O) groups is 2. The summed E-state index contributed by atoms with van der Waals surface area (Å²) in [5, 5.41) is 0.992. The summed E-state index contributed by atoms with van der Waals surface area (Å²) in [6.45, 7) is 1.47. The normalized spacial score (nSPS) is 19.0. The Morgan fingerprint density at radius 2 is 1.86 bits per heavy atom. The smallest absolute Gasteiger partial charge is 0.426 e. The summed E-state index contributed by atoms with van der Waals surface area (Å²) >= 11 is 6.28. The fourth-order valence-electron chi connectivity index (χ4n) is 2.97. The number of benzene rings is 2. The summed E-state index contributed by atoms with van der Waals surface area (Å²) in [7, 11) is 0. The van der Waals surface area contributed by atoms with Gasteiger partial charge >= 0.3 is 12.1 Å². The summed E-state index contributed by atoms with van der Waals surface area (Å²) in [5.41, 5.74) is 1.20. The van der Waals surface area contributed by atoms with Crippen molar-refractivity contribution in [3.8, 4) is 5.75 Å². The molecule has 4 nitrogen and oxygen atoms in total. The molecule has 2 atom stereocenters. The van der Waals surface area contributed by atoms with E-state index in [-0.39, 0.29) is 22.6 Å². The van der Waals surface area contributed by atoms with Crippen molar-refractivity contribution < 1.29 is 32.2 Å². The maximum absolute atomic E-state index is 13.5. The standard InChI is InChI=1S/C21H16ClF3O4/c1-2-28-20(27)16-8-15-9-17(22)14(7-12-3-5-13(11-26)6-4-12)10-18(15)29-19(16)21(23,24)25/h3-11,16,19H,2H2,1H3. The van der Waals surface area contributed by atoms with E-state index in [9.17, 15) is 22.8 Å². The Hall–Kier alpha value is -2.80. The fourth-order valence-corrected chi connectivity index (χ4v) is 3.20. The zero-order chi connectivity index (χ0) is 21.2. The third-order valence-corrected chi connectivity index (χ3v) is 4.67. The van der Waals surface area contributed by atoms with E-state index in [1.54, 1.807) is 30.3 Å². The summed E-state index contributed by atoms with van der Waals surface area (Å²) in [5.74, 6) is -2.67. The summed E-state index contributed by atoms with van der Waals surface area (Å²) in [6, 6.07) is 9.42. The first-order valence-corrected chi connectivity index (χ1v) is 9.09. The van der Waals surface area contributed by atoms with Crippen molar-refractivity contribution in [2.45, 2.75) is 19.2 Å². The quantitative estimate of drug-likeness (QED) is 0.558. The molecule has 29 heavy (non-hydrogen) atoms. The Kier molecular flexibility index (Phi) is 5.98. The highest BCUT2D eigenvalue weighted by Gasteiger charge is 2.51. The SMILES string of the molecule is CCOC(=O)C1C=c2cc(Cl)c(=Cc3ccc(C=O)cc3)cc2OC1C(F)(F)F. The molecule has 0 saturated heterocycles. The van der Waals surface area contributed by atoms with Gasteiger partial charge in [0.05, 0.1) is 6.61 Å². The molecule has 0 aromatic heterocycles. The van der Waals surface area contributed by atoms with Crippen LogP contribution in [-0.4, -0.2) is 31.1 Å². The minimum absolute atomic E-state index is 0.0342. The van der Waals surface area contributed by atoms with Crippen LogP contribution < -0.4 is 15.2 Å². The van der Waals surface area contributed by atoms with Gasteiger partial charge in [0, 0.05) is 15.8 Å². The monoisotopic (exact) mass is 424 g/mol. The van der Waals surface area contributed by atoms with E-state index in [0.717, 1.165) is 0 Å². The first-order valence-electron chi connectivity index (χ1n) is 8.71. The van der Waals surface area contributed by atoms with Crippen molar-refractivity contribution in [2.75, 3.05) is 6.61 Å². The number of aldehydes is 1. The molecule has 0 saturated carbocycles. The zero-order valence-corrected chi connectivity index (χ0v) is 16.0. The lowest BCUT2D eigenvalue weighted by Crippen LogP contribution is -2.48. The molecule has 0 bridgehead atoms. The van der Waals surface area contributed by atoms with Gasteiger partial charge in [-0.2, -0.15) is 13.2 Å². The van der Waals surface area contributed by atoms with Crippen LogP contribution in [0.3, 0.4) is 0 Å². The van der Waals surface area contributed by atoms with E-state index in [1.165, 1.54) is 25.1 Å². The molecule has 1 aliphatic heterocycles. The van der Waals surface area contributed by atoms with Gasteiger partial charge in [-0.15, -0.1) is 0 Å². The average Bonchev–Trinajstić information content (AvgIpc) is 2.67. The zero-order valence-electron chi connectivity index (χ0n) is 15.2. The second kappa shape index (κ2) is 8.29. The summed E-state index contributed by atoms with van der Waals surface area (Å²) < 4.78 is 50.3. The number of rotatable bonds is 4. The molecule has 152 valence electrons. The molecular weight excluding hydrogens is 409 g/mol. The first kappa shape index (κ1) is 20.9. The molecule has 2 aromatic rings. The molecule has 1 heterocycles. The highest BCUT2D eigenvalue weighted by Crippen LogP contribution is 2.33. The number of halogens is 4. The predicted molar refractivity (Wildman–Crippen MR) is 101 cm³/mol. The molecule has 1 aliphatic rings. The number of hydrogen-bond donors (Lipinski definition) is 0. The maximum atomic E-state index is 13.5. The Morgan fingerprint density at radius 1 is 1.21 bits per heavy atom. The van der Waals surface area contributed by atoms with Crippen molar-refractivity contribution in [3.63, 3.8) is 0 Å². The minimum atomic E-state index is -4.76. The van der Waals surface area contributed by atoms with Gasteiger partial charge in [0.15, 0.2) is 0 Å². The number of hydrogen-bond acceptors (Lipinski definition) is 4. The van der Waals surface area contributed by atoms with E-state index >= 15 is 0 Å². The van der Waals surface area contributed by atoms with Crippen molar-refractivity contribution in [1.82, 2.24) is 0 Å². The van der Waals surface area contributed by atoms with Crippen LogP contribution in [0, 0.1) is 5.92 Å². The van der Waals surface area contributed by atoms with Gasteiger partial charge in [-0.3, -0.25) is 9.59 Å². The van der Waals surface area contributed by atoms with Gasteiger partial charge in [-0.05, 0) is 35.9 Å². The lowest BCUT2D eigenvalue weighted by atomic mass is 9.97. The number of alkyl halides is 3. The molecule has 0 N–H and O–H groups in total. The topological polar surface area (TPSA) is 52.6 Å². The molecule has 0 spiro atoms. The number of fused-ring (bicyclic) bond motifs is 1. The van der Waals surface area contributed by atoms with Crippen molar-refractivity contribution >= 4 is 36.0 Å². The largest absolute Gasteiger partial charge is 0.479 e. The van der Waals surface area contributed by atoms with Gasteiger partial charge in [-0.1, -0.05) is 41.9 Å². The lowest BCUT2D eigenvalue weighted by Gasteiger charge is -2.29. The van der Waals surface area contributed by atoms with Crippen LogP contribution in [0.5, 0.6) is 5.75 Å². The van der Waals surface area contributed by atoms with Crippen molar-refractivity contribution in [2.24, 2.45) is 5.92 Å². The van der Waals surface area contributed by atoms with Gasteiger partial charge in [0.25, 0.3) is 0 Å². The molecule has 0 aliphatic carbocycles. The maximum Gasteiger partial charge on any atom is 0.426 e. The molecule has 0 amide bonds. The van der Waals surface area contributed by atoms with Gasteiger partial charge in [-0.25, -0.2) is 0 Å². The highest BCUT2D eigenvalue weighted by molar-refractivity contribution is 6.30. The van der Waals surface area contributed by atoms with E-state index in [0.29, 0.717) is 22.6 Å². The van der Waals surface area contributed by atoms with Gasteiger partial charge in [0.2, 0.25) is 6.10 Å². The second-order valence-electron chi connectivity index (χ2n) is 6.36. The Balaban J connectivity index is 2.08. The third-order valence-electron chi connectivity index (χ3n) is 4.34. The molecule has 8 heteroatoms. The van der Waals surface area contributed by atoms with E-state index in [4.69, 9.17) is 21.1 Å². The third kappa shape index (κ3) is 4.62. The Bertz CT molecular complexity index is 1050. The molecule has 3 rings (SSSR count). The predicted octanol–water partition coefficient (Wildman–Crippen LogP) is 3.26. The first-order chi connectivity index (χ1) is 13.7. The minimum Gasteiger partial charge on any atom is -0.479 e. The van der Waals surface area contributed by atoms with E-state index < -0.39 is 24.2 Å².